The number of benzene rings is 2. The van der Waals surface area contributed by atoms with Gasteiger partial charge < -0.3 is 5.11 Å². The monoisotopic (exact) mass is 211 g/mol. The fourth-order valence-corrected chi connectivity index (χ4v) is 1.46. The Morgan fingerprint density at radius 3 is 2.62 bits per heavy atom. The number of phenols is 1. The Morgan fingerprint density at radius 2 is 1.88 bits per heavy atom. The lowest BCUT2D eigenvalue weighted by molar-refractivity contribution is 0.475. The first-order chi connectivity index (χ1) is 7.75. The standard InChI is InChI=1S/C14H13NO/c1-11-5-2-3-8-14(11)15-10-12-6-4-7-13(16)9-12/h2-10,16H,1H3. The first-order valence-corrected chi connectivity index (χ1v) is 5.14. The van der Waals surface area contributed by atoms with Gasteiger partial charge in [-0.3, -0.25) is 4.99 Å². The Balaban J connectivity index is 2.25. The van der Waals surface area contributed by atoms with Gasteiger partial charge in [-0.2, -0.15) is 0 Å². The summed E-state index contributed by atoms with van der Waals surface area (Å²) in [6, 6.07) is 15.0. The van der Waals surface area contributed by atoms with E-state index in [-0.39, 0.29) is 5.75 Å². The Hall–Kier alpha value is -2.09. The summed E-state index contributed by atoms with van der Waals surface area (Å²) in [4.78, 5) is 4.38. The summed E-state index contributed by atoms with van der Waals surface area (Å²) in [6.45, 7) is 2.02. The second-order valence-corrected chi connectivity index (χ2v) is 3.64. The van der Waals surface area contributed by atoms with E-state index in [1.807, 2.05) is 37.3 Å². The number of aromatic hydroxyl groups is 1. The van der Waals surface area contributed by atoms with E-state index in [9.17, 15) is 5.11 Å². The molecule has 0 atom stereocenters. The first kappa shape index (κ1) is 10.4. The topological polar surface area (TPSA) is 32.6 Å². The van der Waals surface area contributed by atoms with Crippen molar-refractivity contribution in [2.75, 3.05) is 0 Å². The van der Waals surface area contributed by atoms with Gasteiger partial charge >= 0.3 is 0 Å². The summed E-state index contributed by atoms with van der Waals surface area (Å²) in [5.41, 5.74) is 2.98. The molecular weight excluding hydrogens is 198 g/mol. The molecule has 0 saturated heterocycles. The second kappa shape index (κ2) is 4.62. The lowest BCUT2D eigenvalue weighted by atomic mass is 10.2. The zero-order valence-corrected chi connectivity index (χ0v) is 9.09. The molecule has 16 heavy (non-hydrogen) atoms. The maximum absolute atomic E-state index is 9.30. The minimum atomic E-state index is 0.258. The highest BCUT2D eigenvalue weighted by atomic mass is 16.3. The SMILES string of the molecule is Cc1ccccc1N=Cc1cccc(O)c1. The number of rotatable bonds is 2. The molecule has 0 aliphatic carbocycles. The van der Waals surface area contributed by atoms with Gasteiger partial charge in [0.2, 0.25) is 0 Å². The van der Waals surface area contributed by atoms with Crippen LogP contribution in [0.4, 0.5) is 5.69 Å². The van der Waals surface area contributed by atoms with Gasteiger partial charge in [-0.25, -0.2) is 0 Å². The van der Waals surface area contributed by atoms with Gasteiger partial charge in [-0.05, 0) is 36.2 Å². The van der Waals surface area contributed by atoms with Crippen molar-refractivity contribution in [3.8, 4) is 5.75 Å². The van der Waals surface area contributed by atoms with E-state index in [1.54, 1.807) is 24.4 Å². The van der Waals surface area contributed by atoms with E-state index >= 15 is 0 Å². The van der Waals surface area contributed by atoms with E-state index in [1.165, 1.54) is 0 Å². The van der Waals surface area contributed by atoms with Crippen molar-refractivity contribution in [3.05, 3.63) is 59.7 Å². The number of nitrogens with zero attached hydrogens (tertiary/aromatic N) is 1. The predicted molar refractivity (Wildman–Crippen MR) is 66.5 cm³/mol. The summed E-state index contributed by atoms with van der Waals surface area (Å²) >= 11 is 0. The molecule has 0 spiro atoms. The summed E-state index contributed by atoms with van der Waals surface area (Å²) < 4.78 is 0. The molecule has 0 heterocycles. The van der Waals surface area contributed by atoms with Crippen molar-refractivity contribution in [3.63, 3.8) is 0 Å². The number of aryl methyl sites for hydroxylation is 1. The molecule has 80 valence electrons. The van der Waals surface area contributed by atoms with Gasteiger partial charge in [0.1, 0.15) is 5.75 Å². The Kier molecular flexibility index (Phi) is 3.01. The van der Waals surface area contributed by atoms with Crippen molar-refractivity contribution in [1.29, 1.82) is 0 Å². The summed E-state index contributed by atoms with van der Waals surface area (Å²) in [5, 5.41) is 9.30. The molecule has 2 rings (SSSR count). The van der Waals surface area contributed by atoms with Crippen LogP contribution in [0.1, 0.15) is 11.1 Å². The first-order valence-electron chi connectivity index (χ1n) is 5.14. The van der Waals surface area contributed by atoms with Crippen LogP contribution in [0.5, 0.6) is 5.75 Å². The van der Waals surface area contributed by atoms with Gasteiger partial charge in [0.05, 0.1) is 5.69 Å². The molecule has 0 saturated carbocycles. The molecular formula is C14H13NO. The van der Waals surface area contributed by atoms with Crippen LogP contribution in [0.2, 0.25) is 0 Å². The molecule has 0 aliphatic heterocycles. The van der Waals surface area contributed by atoms with Gasteiger partial charge in [-0.15, -0.1) is 0 Å². The molecule has 0 amide bonds. The molecule has 0 fully saturated rings. The van der Waals surface area contributed by atoms with Crippen LogP contribution in [0.25, 0.3) is 0 Å². The quantitative estimate of drug-likeness (QED) is 0.758. The molecule has 0 aliphatic rings. The molecule has 0 bridgehead atoms. The third kappa shape index (κ3) is 2.48. The Labute approximate surface area is 94.9 Å². The zero-order valence-electron chi connectivity index (χ0n) is 9.09. The molecule has 0 unspecified atom stereocenters. The number of hydrogen-bond acceptors (Lipinski definition) is 2. The molecule has 1 N–H and O–H groups in total. The van der Waals surface area contributed by atoms with E-state index < -0.39 is 0 Å². The van der Waals surface area contributed by atoms with Crippen LogP contribution in [-0.4, -0.2) is 11.3 Å². The number of hydrogen-bond donors (Lipinski definition) is 1. The zero-order chi connectivity index (χ0) is 11.4. The van der Waals surface area contributed by atoms with Crippen molar-refractivity contribution in [2.24, 2.45) is 4.99 Å². The lowest BCUT2D eigenvalue weighted by Gasteiger charge is -1.98. The summed E-state index contributed by atoms with van der Waals surface area (Å²) in [6.07, 6.45) is 1.75. The van der Waals surface area contributed by atoms with Crippen LogP contribution in [0, 0.1) is 6.92 Å². The molecule has 2 aromatic carbocycles. The van der Waals surface area contributed by atoms with E-state index in [2.05, 4.69) is 4.99 Å². The molecule has 2 heteroatoms. The fourth-order valence-electron chi connectivity index (χ4n) is 1.46. The highest BCUT2D eigenvalue weighted by Gasteiger charge is 1.93. The van der Waals surface area contributed by atoms with E-state index in [0.29, 0.717) is 0 Å². The van der Waals surface area contributed by atoms with Crippen LogP contribution < -0.4 is 0 Å². The van der Waals surface area contributed by atoms with E-state index in [4.69, 9.17) is 0 Å². The average Bonchev–Trinajstić information content (AvgIpc) is 2.28. The number of para-hydroxylation sites is 1. The largest absolute Gasteiger partial charge is 0.508 e. The van der Waals surface area contributed by atoms with Crippen LogP contribution in [-0.2, 0) is 0 Å². The maximum atomic E-state index is 9.30. The minimum absolute atomic E-state index is 0.258. The number of phenolic OH excluding ortho intramolecular Hbond substituents is 1. The highest BCUT2D eigenvalue weighted by molar-refractivity contribution is 5.82. The molecule has 0 radical (unpaired) electrons. The van der Waals surface area contributed by atoms with Crippen molar-refractivity contribution < 1.29 is 5.11 Å². The maximum Gasteiger partial charge on any atom is 0.116 e. The van der Waals surface area contributed by atoms with Crippen molar-refractivity contribution in [2.45, 2.75) is 6.92 Å². The summed E-state index contributed by atoms with van der Waals surface area (Å²) in [5.74, 6) is 0.258. The lowest BCUT2D eigenvalue weighted by Crippen LogP contribution is -1.80. The predicted octanol–water partition coefficient (Wildman–Crippen LogP) is 3.45. The third-order valence-corrected chi connectivity index (χ3v) is 2.34. The van der Waals surface area contributed by atoms with Gasteiger partial charge in [0.15, 0.2) is 0 Å². The van der Waals surface area contributed by atoms with E-state index in [0.717, 1.165) is 16.8 Å². The third-order valence-electron chi connectivity index (χ3n) is 2.34. The van der Waals surface area contributed by atoms with Crippen LogP contribution >= 0.6 is 0 Å². The van der Waals surface area contributed by atoms with Crippen LogP contribution in [0.3, 0.4) is 0 Å². The Morgan fingerprint density at radius 1 is 1.06 bits per heavy atom. The normalized spacial score (nSPS) is 10.8. The molecule has 2 nitrogen and oxygen atoms in total. The molecule has 2 aromatic rings. The highest BCUT2D eigenvalue weighted by Crippen LogP contribution is 2.17. The van der Waals surface area contributed by atoms with Gasteiger partial charge in [0.25, 0.3) is 0 Å². The number of aliphatic imine (C=N–C) groups is 1. The van der Waals surface area contributed by atoms with Crippen molar-refractivity contribution >= 4 is 11.9 Å². The molecule has 0 aromatic heterocycles. The average molecular weight is 211 g/mol. The van der Waals surface area contributed by atoms with Crippen LogP contribution in [0.15, 0.2) is 53.5 Å². The summed E-state index contributed by atoms with van der Waals surface area (Å²) in [7, 11) is 0. The second-order valence-electron chi connectivity index (χ2n) is 3.64. The Bertz CT molecular complexity index is 518. The fraction of sp³-hybridized carbons (Fsp3) is 0.0714. The smallest absolute Gasteiger partial charge is 0.116 e. The van der Waals surface area contributed by atoms with Gasteiger partial charge in [0, 0.05) is 6.21 Å². The van der Waals surface area contributed by atoms with Gasteiger partial charge in [-0.1, -0.05) is 30.3 Å². The minimum Gasteiger partial charge on any atom is -0.508 e. The van der Waals surface area contributed by atoms with Crippen molar-refractivity contribution in [1.82, 2.24) is 0 Å².